The van der Waals surface area contributed by atoms with Crippen LogP contribution in [-0.4, -0.2) is 18.9 Å². The Bertz CT molecular complexity index is 1360. The molecule has 4 aromatic rings. The van der Waals surface area contributed by atoms with E-state index in [2.05, 4.69) is 16.7 Å². The van der Waals surface area contributed by atoms with E-state index in [1.807, 2.05) is 73.8 Å². The fourth-order valence-electron chi connectivity index (χ4n) is 3.96. The van der Waals surface area contributed by atoms with Crippen molar-refractivity contribution in [3.05, 3.63) is 129 Å². The third-order valence-corrected chi connectivity index (χ3v) is 6.64. The fraction of sp³-hybridized carbons (Fsp3) is 0.133. The van der Waals surface area contributed by atoms with Gasteiger partial charge in [0.2, 0.25) is 0 Å². The van der Waals surface area contributed by atoms with Gasteiger partial charge in [-0.2, -0.15) is 0 Å². The zero-order valence-electron chi connectivity index (χ0n) is 20.4. The molecule has 1 aromatic heterocycles. The van der Waals surface area contributed by atoms with Gasteiger partial charge in [-0.3, -0.25) is 9.59 Å². The van der Waals surface area contributed by atoms with E-state index in [0.29, 0.717) is 11.3 Å². The monoisotopic (exact) mass is 496 g/mol. The normalized spacial score (nSPS) is 12.0. The highest BCUT2D eigenvalue weighted by Crippen LogP contribution is 2.26. The number of methoxy groups -OCH3 is 1. The zero-order valence-corrected chi connectivity index (χ0v) is 21.3. The number of amides is 2. The molecule has 5 nitrogen and oxygen atoms in total. The van der Waals surface area contributed by atoms with Crippen LogP contribution in [0.3, 0.4) is 0 Å². The van der Waals surface area contributed by atoms with Gasteiger partial charge in [-0.25, -0.2) is 0 Å². The molecule has 6 heteroatoms. The first-order valence-electron chi connectivity index (χ1n) is 11.6. The largest absolute Gasteiger partial charge is 0.497 e. The molecule has 0 fully saturated rings. The SMILES string of the molecule is COc1ccc(C(=O)N/C(=C\c2cccs2)C(=O)N[C@@H](c2ccccc2)c2ccc(C)cc2C)cc1. The molecule has 2 N–H and O–H groups in total. The smallest absolute Gasteiger partial charge is 0.268 e. The van der Waals surface area contributed by atoms with Crippen molar-refractivity contribution >= 4 is 29.2 Å². The summed E-state index contributed by atoms with van der Waals surface area (Å²) >= 11 is 1.49. The Kier molecular flexibility index (Phi) is 7.98. The molecule has 4 rings (SSSR count). The summed E-state index contributed by atoms with van der Waals surface area (Å²) in [5.41, 5.74) is 4.78. The van der Waals surface area contributed by atoms with Crippen LogP contribution in [0, 0.1) is 13.8 Å². The van der Waals surface area contributed by atoms with Crippen LogP contribution in [0.15, 0.2) is 96.0 Å². The Morgan fingerprint density at radius 2 is 1.67 bits per heavy atom. The van der Waals surface area contributed by atoms with Crippen molar-refractivity contribution in [3.8, 4) is 5.75 Å². The number of ether oxygens (including phenoxy) is 1. The summed E-state index contributed by atoms with van der Waals surface area (Å²) in [6.45, 7) is 4.09. The third-order valence-electron chi connectivity index (χ3n) is 5.82. The molecule has 0 aliphatic carbocycles. The minimum atomic E-state index is -0.385. The Balaban J connectivity index is 1.66. The molecule has 0 radical (unpaired) electrons. The van der Waals surface area contributed by atoms with E-state index in [9.17, 15) is 9.59 Å². The predicted molar refractivity (Wildman–Crippen MR) is 145 cm³/mol. The molecule has 36 heavy (non-hydrogen) atoms. The van der Waals surface area contributed by atoms with Gasteiger partial charge in [0, 0.05) is 10.4 Å². The van der Waals surface area contributed by atoms with Crippen LogP contribution in [0.25, 0.3) is 6.08 Å². The number of rotatable bonds is 8. The van der Waals surface area contributed by atoms with Gasteiger partial charge in [-0.1, -0.05) is 60.2 Å². The highest BCUT2D eigenvalue weighted by Gasteiger charge is 2.22. The molecule has 3 aromatic carbocycles. The number of carbonyl (C=O) groups is 2. The molecule has 0 spiro atoms. The summed E-state index contributed by atoms with van der Waals surface area (Å²) in [6.07, 6.45) is 1.70. The standard InChI is InChI=1S/C30H28N2O3S/c1-20-11-16-26(21(2)18-20)28(22-8-5-4-6-9-22)32-30(34)27(19-25-10-7-17-36-25)31-29(33)23-12-14-24(35-3)15-13-23/h4-19,28H,1-3H3,(H,31,33)(H,32,34)/b27-19-/t28-/m0/s1. The number of aryl methyl sites for hydroxylation is 2. The van der Waals surface area contributed by atoms with Crippen LogP contribution in [-0.2, 0) is 4.79 Å². The second-order valence-corrected chi connectivity index (χ2v) is 9.41. The van der Waals surface area contributed by atoms with E-state index in [-0.39, 0.29) is 23.6 Å². The minimum absolute atomic E-state index is 0.170. The lowest BCUT2D eigenvalue weighted by molar-refractivity contribution is -0.118. The molecular formula is C30H28N2O3S. The van der Waals surface area contributed by atoms with Crippen LogP contribution in [0.1, 0.15) is 43.5 Å². The summed E-state index contributed by atoms with van der Waals surface area (Å²) in [5.74, 6) is -0.102. The first kappa shape index (κ1) is 24.9. The fourth-order valence-corrected chi connectivity index (χ4v) is 4.61. The van der Waals surface area contributed by atoms with E-state index < -0.39 is 0 Å². The maximum Gasteiger partial charge on any atom is 0.268 e. The molecule has 0 unspecified atom stereocenters. The topological polar surface area (TPSA) is 67.4 Å². The molecule has 0 aliphatic rings. The lowest BCUT2D eigenvalue weighted by Gasteiger charge is -2.23. The molecule has 0 aliphatic heterocycles. The molecule has 1 heterocycles. The first-order valence-corrected chi connectivity index (χ1v) is 12.5. The highest BCUT2D eigenvalue weighted by atomic mass is 32.1. The maximum absolute atomic E-state index is 13.7. The summed E-state index contributed by atoms with van der Waals surface area (Å²) < 4.78 is 5.18. The van der Waals surface area contributed by atoms with Crippen molar-refractivity contribution in [1.82, 2.24) is 10.6 Å². The summed E-state index contributed by atoms with van der Waals surface area (Å²) in [7, 11) is 1.57. The average molecular weight is 497 g/mol. The summed E-state index contributed by atoms with van der Waals surface area (Å²) in [4.78, 5) is 27.6. The second kappa shape index (κ2) is 11.5. The molecule has 0 bridgehead atoms. The molecule has 0 saturated carbocycles. The van der Waals surface area contributed by atoms with Gasteiger partial charge >= 0.3 is 0 Å². The van der Waals surface area contributed by atoms with E-state index in [4.69, 9.17) is 4.74 Å². The zero-order chi connectivity index (χ0) is 25.5. The molecular weight excluding hydrogens is 468 g/mol. The van der Waals surface area contributed by atoms with Gasteiger partial charge in [0.15, 0.2) is 0 Å². The van der Waals surface area contributed by atoms with Crippen LogP contribution < -0.4 is 15.4 Å². The molecule has 0 saturated heterocycles. The van der Waals surface area contributed by atoms with Crippen molar-refractivity contribution < 1.29 is 14.3 Å². The number of thiophene rings is 1. The first-order chi connectivity index (χ1) is 17.4. The second-order valence-electron chi connectivity index (χ2n) is 8.43. The van der Waals surface area contributed by atoms with Gasteiger partial charge in [0.05, 0.1) is 13.2 Å². The van der Waals surface area contributed by atoms with Crippen molar-refractivity contribution in [2.24, 2.45) is 0 Å². The Labute approximate surface area is 215 Å². The van der Waals surface area contributed by atoms with Crippen molar-refractivity contribution in [1.29, 1.82) is 0 Å². The van der Waals surface area contributed by atoms with Crippen molar-refractivity contribution in [3.63, 3.8) is 0 Å². The minimum Gasteiger partial charge on any atom is -0.497 e. The van der Waals surface area contributed by atoms with Gasteiger partial charge in [0.25, 0.3) is 11.8 Å². The van der Waals surface area contributed by atoms with Gasteiger partial charge in [-0.15, -0.1) is 11.3 Å². The molecule has 182 valence electrons. The van der Waals surface area contributed by atoms with Gasteiger partial charge in [0.1, 0.15) is 11.4 Å². The number of carbonyl (C=O) groups excluding carboxylic acids is 2. The average Bonchev–Trinajstić information content (AvgIpc) is 3.41. The maximum atomic E-state index is 13.7. The van der Waals surface area contributed by atoms with E-state index in [0.717, 1.165) is 27.1 Å². The number of benzene rings is 3. The lowest BCUT2D eigenvalue weighted by Crippen LogP contribution is -2.37. The van der Waals surface area contributed by atoms with E-state index in [1.54, 1.807) is 37.5 Å². The Morgan fingerprint density at radius 3 is 2.31 bits per heavy atom. The highest BCUT2D eigenvalue weighted by molar-refractivity contribution is 7.10. The van der Waals surface area contributed by atoms with Gasteiger partial charge in [-0.05, 0) is 72.3 Å². The van der Waals surface area contributed by atoms with Gasteiger partial charge < -0.3 is 15.4 Å². The quantitative estimate of drug-likeness (QED) is 0.292. The molecule has 1 atom stereocenters. The Hall–Kier alpha value is -4.16. The van der Waals surface area contributed by atoms with Crippen molar-refractivity contribution in [2.45, 2.75) is 19.9 Å². The molecule has 2 amide bonds. The summed E-state index contributed by atoms with van der Waals surface area (Å²) in [5, 5.41) is 7.90. The summed E-state index contributed by atoms with van der Waals surface area (Å²) in [6, 6.07) is 26.2. The number of hydrogen-bond acceptors (Lipinski definition) is 4. The lowest BCUT2D eigenvalue weighted by atomic mass is 9.93. The number of hydrogen-bond donors (Lipinski definition) is 2. The predicted octanol–water partition coefficient (Wildman–Crippen LogP) is 6.05. The Morgan fingerprint density at radius 1 is 0.917 bits per heavy atom. The van der Waals surface area contributed by atoms with Crippen LogP contribution in [0.2, 0.25) is 0 Å². The van der Waals surface area contributed by atoms with Crippen molar-refractivity contribution in [2.75, 3.05) is 7.11 Å². The van der Waals surface area contributed by atoms with Crippen LogP contribution in [0.5, 0.6) is 5.75 Å². The van der Waals surface area contributed by atoms with E-state index in [1.165, 1.54) is 11.3 Å². The van der Waals surface area contributed by atoms with E-state index >= 15 is 0 Å². The van der Waals surface area contributed by atoms with Crippen LogP contribution >= 0.6 is 11.3 Å². The third kappa shape index (κ3) is 6.09. The number of nitrogens with one attached hydrogen (secondary N) is 2. The van der Waals surface area contributed by atoms with Crippen LogP contribution in [0.4, 0.5) is 0 Å².